The molecule has 1 atom stereocenters. The fourth-order valence-electron chi connectivity index (χ4n) is 3.08. The highest BCUT2D eigenvalue weighted by Crippen LogP contribution is 2.44. The highest BCUT2D eigenvalue weighted by atomic mass is 16.5. The highest BCUT2D eigenvalue weighted by Gasteiger charge is 2.44. The number of hydrogen-bond acceptors (Lipinski definition) is 4. The van der Waals surface area contributed by atoms with Gasteiger partial charge in [0.05, 0.1) is 11.7 Å². The van der Waals surface area contributed by atoms with Gasteiger partial charge in [-0.3, -0.25) is 4.68 Å². The van der Waals surface area contributed by atoms with Crippen molar-refractivity contribution in [2.75, 3.05) is 6.61 Å². The second kappa shape index (κ2) is 5.82. The summed E-state index contributed by atoms with van der Waals surface area (Å²) in [6, 6.07) is 0. The third kappa shape index (κ3) is 3.20. The van der Waals surface area contributed by atoms with Gasteiger partial charge in [0, 0.05) is 20.1 Å². The quantitative estimate of drug-likeness (QED) is 0.898. The molecule has 0 radical (unpaired) electrons. The smallest absolute Gasteiger partial charge is 0.138 e. The van der Waals surface area contributed by atoms with Gasteiger partial charge in [-0.25, -0.2) is 4.98 Å². The molecule has 1 saturated carbocycles. The molecular weight excluding hydrogens is 254 g/mol. The third-order valence-corrected chi connectivity index (χ3v) is 4.67. The van der Waals surface area contributed by atoms with Crippen LogP contribution in [0.15, 0.2) is 6.33 Å². The summed E-state index contributed by atoms with van der Waals surface area (Å²) in [6.45, 7) is 7.21. The molecule has 20 heavy (non-hydrogen) atoms. The molecule has 114 valence electrons. The molecule has 0 aliphatic heterocycles. The zero-order valence-corrected chi connectivity index (χ0v) is 13.1. The molecular formula is C15H27N3O2. The van der Waals surface area contributed by atoms with Crippen molar-refractivity contribution in [2.24, 2.45) is 12.5 Å². The van der Waals surface area contributed by atoms with Gasteiger partial charge in [-0.2, -0.15) is 5.10 Å². The van der Waals surface area contributed by atoms with Gasteiger partial charge in [0.1, 0.15) is 12.2 Å². The average Bonchev–Trinajstić information content (AvgIpc) is 2.78. The third-order valence-electron chi connectivity index (χ3n) is 4.67. The molecule has 1 unspecified atom stereocenters. The van der Waals surface area contributed by atoms with Crippen LogP contribution >= 0.6 is 0 Å². The second-order valence-corrected chi connectivity index (χ2v) is 6.68. The number of hydrogen-bond donors (Lipinski definition) is 1. The summed E-state index contributed by atoms with van der Waals surface area (Å²) in [5.41, 5.74) is -0.0681. The summed E-state index contributed by atoms with van der Waals surface area (Å²) in [7, 11) is 1.85. The molecule has 0 saturated heterocycles. The van der Waals surface area contributed by atoms with Crippen molar-refractivity contribution in [3.63, 3.8) is 0 Å². The van der Waals surface area contributed by atoms with Crippen molar-refractivity contribution >= 4 is 0 Å². The Morgan fingerprint density at radius 2 is 2.00 bits per heavy atom. The summed E-state index contributed by atoms with van der Waals surface area (Å²) < 4.78 is 7.72. The fourth-order valence-corrected chi connectivity index (χ4v) is 3.08. The van der Waals surface area contributed by atoms with E-state index in [4.69, 9.17) is 4.74 Å². The first kappa shape index (κ1) is 15.4. The summed E-state index contributed by atoms with van der Waals surface area (Å²) in [6.07, 6.45) is 5.49. The van der Waals surface area contributed by atoms with Crippen molar-refractivity contribution < 1.29 is 9.84 Å². The predicted octanol–water partition coefficient (Wildman–Crippen LogP) is 2.09. The van der Waals surface area contributed by atoms with E-state index in [9.17, 15) is 5.11 Å². The van der Waals surface area contributed by atoms with E-state index in [1.807, 2.05) is 14.0 Å². The van der Waals surface area contributed by atoms with E-state index in [0.29, 0.717) is 18.4 Å². The van der Waals surface area contributed by atoms with E-state index >= 15 is 0 Å². The standard InChI is InChI=1S/C15H27N3O2/c1-5-20-15(8-6-14(2,3)7-9-15)12(19)10-13-16-11-17-18(13)4/h11-12,19H,5-10H2,1-4H3. The first-order valence-corrected chi connectivity index (χ1v) is 7.53. The van der Waals surface area contributed by atoms with Gasteiger partial charge >= 0.3 is 0 Å². The zero-order chi connectivity index (χ0) is 14.8. The Bertz CT molecular complexity index is 432. The topological polar surface area (TPSA) is 60.2 Å². The second-order valence-electron chi connectivity index (χ2n) is 6.68. The lowest BCUT2D eigenvalue weighted by molar-refractivity contribution is -0.151. The lowest BCUT2D eigenvalue weighted by atomic mass is 9.68. The van der Waals surface area contributed by atoms with Gasteiger partial charge in [-0.1, -0.05) is 13.8 Å². The van der Waals surface area contributed by atoms with Gasteiger partial charge < -0.3 is 9.84 Å². The summed E-state index contributed by atoms with van der Waals surface area (Å²) in [5, 5.41) is 14.8. The molecule has 1 N–H and O–H groups in total. The Labute approximate surface area is 121 Å². The molecule has 0 bridgehead atoms. The molecule has 1 aromatic heterocycles. The van der Waals surface area contributed by atoms with Gasteiger partial charge in [-0.15, -0.1) is 0 Å². The van der Waals surface area contributed by atoms with Crippen LogP contribution in [-0.2, 0) is 18.2 Å². The Morgan fingerprint density at radius 1 is 1.35 bits per heavy atom. The Hall–Kier alpha value is -0.940. The molecule has 1 aliphatic carbocycles. The van der Waals surface area contributed by atoms with E-state index < -0.39 is 11.7 Å². The minimum absolute atomic E-state index is 0.352. The van der Waals surface area contributed by atoms with Crippen molar-refractivity contribution in [3.05, 3.63) is 12.2 Å². The molecule has 5 nitrogen and oxygen atoms in total. The lowest BCUT2D eigenvalue weighted by Crippen LogP contribution is -2.50. The van der Waals surface area contributed by atoms with Crippen molar-refractivity contribution in [3.8, 4) is 0 Å². The van der Waals surface area contributed by atoms with Crippen LogP contribution in [0.3, 0.4) is 0 Å². The van der Waals surface area contributed by atoms with Crippen LogP contribution in [0.2, 0.25) is 0 Å². The maximum Gasteiger partial charge on any atom is 0.138 e. The van der Waals surface area contributed by atoms with Crippen LogP contribution in [0.25, 0.3) is 0 Å². The van der Waals surface area contributed by atoms with Gasteiger partial charge in [0.15, 0.2) is 0 Å². The number of aliphatic hydroxyl groups is 1. The van der Waals surface area contributed by atoms with Crippen LogP contribution < -0.4 is 0 Å². The van der Waals surface area contributed by atoms with Gasteiger partial charge in [0.25, 0.3) is 0 Å². The van der Waals surface area contributed by atoms with Crippen LogP contribution in [0.5, 0.6) is 0 Å². The van der Waals surface area contributed by atoms with E-state index in [1.54, 1.807) is 4.68 Å². The van der Waals surface area contributed by atoms with Crippen LogP contribution in [0, 0.1) is 5.41 Å². The fraction of sp³-hybridized carbons (Fsp3) is 0.867. The number of rotatable bonds is 5. The van der Waals surface area contributed by atoms with Crippen LogP contribution in [0.1, 0.15) is 52.3 Å². The number of aryl methyl sites for hydroxylation is 1. The molecule has 5 heteroatoms. The summed E-state index contributed by atoms with van der Waals surface area (Å²) in [4.78, 5) is 4.21. The molecule has 0 spiro atoms. The maximum atomic E-state index is 10.7. The van der Waals surface area contributed by atoms with Gasteiger partial charge in [-0.05, 0) is 38.0 Å². The highest BCUT2D eigenvalue weighted by molar-refractivity contribution is 5.00. The summed E-state index contributed by atoms with van der Waals surface area (Å²) in [5.74, 6) is 0.807. The van der Waals surface area contributed by atoms with Crippen LogP contribution in [0.4, 0.5) is 0 Å². The largest absolute Gasteiger partial charge is 0.390 e. The van der Waals surface area contributed by atoms with Crippen molar-refractivity contribution in [1.29, 1.82) is 0 Å². The van der Waals surface area contributed by atoms with Crippen molar-refractivity contribution in [2.45, 2.75) is 64.6 Å². The maximum absolute atomic E-state index is 10.7. The Kier molecular flexibility index (Phi) is 4.49. The first-order valence-electron chi connectivity index (χ1n) is 7.53. The monoisotopic (exact) mass is 281 g/mol. The van der Waals surface area contributed by atoms with Crippen LogP contribution in [-0.4, -0.2) is 38.2 Å². The zero-order valence-electron chi connectivity index (χ0n) is 13.1. The number of aliphatic hydroxyl groups excluding tert-OH is 1. The minimum Gasteiger partial charge on any atom is -0.390 e. The van der Waals surface area contributed by atoms with E-state index in [0.717, 1.165) is 31.5 Å². The molecule has 0 aromatic carbocycles. The SMILES string of the molecule is CCOC1(C(O)Cc2ncnn2C)CCC(C)(C)CC1. The minimum atomic E-state index is -0.526. The predicted molar refractivity (Wildman–Crippen MR) is 77.3 cm³/mol. The summed E-state index contributed by atoms with van der Waals surface area (Å²) >= 11 is 0. The molecule has 1 heterocycles. The molecule has 0 amide bonds. The van der Waals surface area contributed by atoms with E-state index in [1.165, 1.54) is 6.33 Å². The molecule has 1 aliphatic rings. The van der Waals surface area contributed by atoms with Gasteiger partial charge in [0.2, 0.25) is 0 Å². The lowest BCUT2D eigenvalue weighted by Gasteiger charge is -2.45. The first-order chi connectivity index (χ1) is 9.38. The Morgan fingerprint density at radius 3 is 2.50 bits per heavy atom. The number of nitrogens with zero attached hydrogens (tertiary/aromatic N) is 3. The number of aromatic nitrogens is 3. The molecule has 1 fully saturated rings. The Balaban J connectivity index is 2.10. The molecule has 2 rings (SSSR count). The number of ether oxygens (including phenoxy) is 1. The molecule has 1 aromatic rings. The van der Waals surface area contributed by atoms with Crippen molar-refractivity contribution in [1.82, 2.24) is 14.8 Å². The average molecular weight is 281 g/mol. The van der Waals surface area contributed by atoms with E-state index in [2.05, 4.69) is 23.9 Å². The normalized spacial score (nSPS) is 22.6. The van der Waals surface area contributed by atoms with E-state index in [-0.39, 0.29) is 0 Å².